The van der Waals surface area contributed by atoms with Crippen LogP contribution in [-0.4, -0.2) is 43.1 Å². The van der Waals surface area contributed by atoms with Gasteiger partial charge in [-0.15, -0.1) is 0 Å². The van der Waals surface area contributed by atoms with Crippen LogP contribution in [0.4, 0.5) is 0 Å². The maximum absolute atomic E-state index is 12.4. The zero-order chi connectivity index (χ0) is 23.8. The highest BCUT2D eigenvalue weighted by Gasteiger charge is 2.19. The molecular weight excluding hydrogens is 408 g/mol. The first-order chi connectivity index (χ1) is 15.4. The summed E-state index contributed by atoms with van der Waals surface area (Å²) < 4.78 is 4.97. The van der Waals surface area contributed by atoms with Crippen molar-refractivity contribution in [2.75, 3.05) is 19.8 Å². The summed E-state index contributed by atoms with van der Waals surface area (Å²) >= 11 is 0. The zero-order valence-electron chi connectivity index (χ0n) is 19.5. The van der Waals surface area contributed by atoms with E-state index in [0.717, 1.165) is 37.7 Å². The Morgan fingerprint density at radius 3 is 2.34 bits per heavy atom. The largest absolute Gasteiger partial charge is 0.372 e. The number of hydrogen-bond acceptors (Lipinski definition) is 5. The van der Waals surface area contributed by atoms with Crippen LogP contribution in [0.15, 0.2) is 24.3 Å². The first-order valence-corrected chi connectivity index (χ1v) is 11.6. The zero-order valence-corrected chi connectivity index (χ0v) is 19.5. The summed E-state index contributed by atoms with van der Waals surface area (Å²) in [6.07, 6.45) is 6.51. The van der Waals surface area contributed by atoms with Gasteiger partial charge in [0, 0.05) is 30.9 Å². The molecule has 0 spiro atoms. The van der Waals surface area contributed by atoms with Crippen molar-refractivity contribution in [1.82, 2.24) is 5.32 Å². The smallest absolute Gasteiger partial charge is 0.246 e. The van der Waals surface area contributed by atoms with E-state index in [9.17, 15) is 19.2 Å². The lowest BCUT2D eigenvalue weighted by Crippen LogP contribution is -2.34. The standard InChI is InChI=1S/C25H38N2O5/c1-3-5-9-19-12-14-20(15-13-19)23(29)11-8-6-7-10-21(25(26)31)16-22(28)17-27-24(30)18-32-4-2/h12-15,21H,3-11,16-18H2,1-2H3,(H2,26,31)(H,27,30)/t21-/m1/s1. The predicted octanol–water partition coefficient (Wildman–Crippen LogP) is 3.38. The van der Waals surface area contributed by atoms with Gasteiger partial charge in [-0.25, -0.2) is 0 Å². The van der Waals surface area contributed by atoms with Crippen molar-refractivity contribution in [3.8, 4) is 0 Å². The van der Waals surface area contributed by atoms with Crippen LogP contribution >= 0.6 is 0 Å². The molecule has 0 heterocycles. The molecule has 178 valence electrons. The second-order valence-electron chi connectivity index (χ2n) is 8.08. The number of amides is 2. The number of unbranched alkanes of at least 4 members (excludes halogenated alkanes) is 3. The van der Waals surface area contributed by atoms with Gasteiger partial charge in [0.15, 0.2) is 11.6 Å². The summed E-state index contributed by atoms with van der Waals surface area (Å²) in [5.74, 6) is -1.56. The molecule has 0 radical (unpaired) electrons. The van der Waals surface area contributed by atoms with Crippen molar-refractivity contribution in [3.63, 3.8) is 0 Å². The van der Waals surface area contributed by atoms with E-state index in [0.29, 0.717) is 25.9 Å². The summed E-state index contributed by atoms with van der Waals surface area (Å²) in [4.78, 5) is 47.5. The molecular formula is C25H38N2O5. The van der Waals surface area contributed by atoms with E-state index in [1.165, 1.54) is 5.56 Å². The first kappa shape index (κ1) is 27.5. The Balaban J connectivity index is 2.29. The number of nitrogens with two attached hydrogens (primary N) is 1. The number of Topliss-reactive ketones (excluding diaryl/α,β-unsaturated/α-hetero) is 2. The molecule has 1 atom stereocenters. The molecule has 1 rings (SSSR count). The number of carbonyl (C=O) groups is 4. The molecule has 0 saturated carbocycles. The predicted molar refractivity (Wildman–Crippen MR) is 124 cm³/mol. The monoisotopic (exact) mass is 446 g/mol. The van der Waals surface area contributed by atoms with Gasteiger partial charge in [-0.3, -0.25) is 19.2 Å². The quantitative estimate of drug-likeness (QED) is 0.265. The van der Waals surface area contributed by atoms with E-state index in [2.05, 4.69) is 12.2 Å². The third-order valence-corrected chi connectivity index (χ3v) is 5.35. The van der Waals surface area contributed by atoms with Crippen molar-refractivity contribution in [3.05, 3.63) is 35.4 Å². The molecule has 0 bridgehead atoms. The molecule has 0 aliphatic rings. The molecule has 0 fully saturated rings. The molecule has 0 aliphatic heterocycles. The van der Waals surface area contributed by atoms with Crippen LogP contribution in [0.2, 0.25) is 0 Å². The molecule has 0 saturated heterocycles. The number of nitrogens with one attached hydrogen (secondary N) is 1. The number of ketones is 2. The molecule has 0 aliphatic carbocycles. The summed E-state index contributed by atoms with van der Waals surface area (Å²) in [7, 11) is 0. The lowest BCUT2D eigenvalue weighted by atomic mass is 9.94. The van der Waals surface area contributed by atoms with Crippen molar-refractivity contribution >= 4 is 23.4 Å². The minimum absolute atomic E-state index is 0.00750. The van der Waals surface area contributed by atoms with Crippen LogP contribution < -0.4 is 11.1 Å². The topological polar surface area (TPSA) is 116 Å². The Morgan fingerprint density at radius 2 is 1.72 bits per heavy atom. The maximum atomic E-state index is 12.4. The van der Waals surface area contributed by atoms with E-state index in [1.54, 1.807) is 6.92 Å². The number of hydrogen-bond donors (Lipinski definition) is 2. The van der Waals surface area contributed by atoms with Crippen LogP contribution in [0.1, 0.15) is 81.1 Å². The number of carbonyl (C=O) groups excluding carboxylic acids is 4. The minimum atomic E-state index is -0.558. The van der Waals surface area contributed by atoms with Crippen LogP contribution in [0, 0.1) is 5.92 Å². The Bertz CT molecular complexity index is 730. The van der Waals surface area contributed by atoms with E-state index in [4.69, 9.17) is 10.5 Å². The van der Waals surface area contributed by atoms with E-state index < -0.39 is 11.8 Å². The van der Waals surface area contributed by atoms with Gasteiger partial charge in [0.25, 0.3) is 0 Å². The highest BCUT2D eigenvalue weighted by atomic mass is 16.5. The average Bonchev–Trinajstić information content (AvgIpc) is 2.79. The third kappa shape index (κ3) is 11.7. The maximum Gasteiger partial charge on any atom is 0.246 e. The minimum Gasteiger partial charge on any atom is -0.372 e. The highest BCUT2D eigenvalue weighted by Crippen LogP contribution is 2.16. The number of rotatable bonds is 18. The van der Waals surface area contributed by atoms with Crippen molar-refractivity contribution < 1.29 is 23.9 Å². The third-order valence-electron chi connectivity index (χ3n) is 5.35. The van der Waals surface area contributed by atoms with Crippen LogP contribution in [0.3, 0.4) is 0 Å². The van der Waals surface area contributed by atoms with E-state index >= 15 is 0 Å². The van der Waals surface area contributed by atoms with Crippen molar-refractivity contribution in [2.45, 2.75) is 71.6 Å². The number of benzene rings is 1. The van der Waals surface area contributed by atoms with Crippen molar-refractivity contribution in [1.29, 1.82) is 0 Å². The summed E-state index contributed by atoms with van der Waals surface area (Å²) in [6.45, 7) is 4.12. The first-order valence-electron chi connectivity index (χ1n) is 11.6. The van der Waals surface area contributed by atoms with Gasteiger partial charge >= 0.3 is 0 Å². The SMILES string of the molecule is CCCCc1ccc(C(=O)CCCCC[C@H](CC(=O)CNC(=O)COCC)C(N)=O)cc1. The molecule has 1 aromatic carbocycles. The molecule has 32 heavy (non-hydrogen) atoms. The number of primary amides is 1. The van der Waals surface area contributed by atoms with Gasteiger partial charge in [-0.1, -0.05) is 50.5 Å². The Morgan fingerprint density at radius 1 is 1.00 bits per heavy atom. The van der Waals surface area contributed by atoms with Gasteiger partial charge in [-0.05, 0) is 38.2 Å². The average molecular weight is 447 g/mol. The fourth-order valence-electron chi connectivity index (χ4n) is 3.37. The lowest BCUT2D eigenvalue weighted by Gasteiger charge is -2.13. The van der Waals surface area contributed by atoms with Gasteiger partial charge in [0.1, 0.15) is 6.61 Å². The molecule has 3 N–H and O–H groups in total. The van der Waals surface area contributed by atoms with Gasteiger partial charge in [-0.2, -0.15) is 0 Å². The van der Waals surface area contributed by atoms with Crippen LogP contribution in [-0.2, 0) is 25.5 Å². The van der Waals surface area contributed by atoms with Gasteiger partial charge in [0.05, 0.1) is 6.54 Å². The normalized spacial score (nSPS) is 11.7. The second kappa shape index (κ2) is 16.1. The molecule has 0 unspecified atom stereocenters. The second-order valence-corrected chi connectivity index (χ2v) is 8.08. The Kier molecular flexibility index (Phi) is 13.9. The van der Waals surface area contributed by atoms with Gasteiger partial charge < -0.3 is 15.8 Å². The number of ether oxygens (including phenoxy) is 1. The van der Waals surface area contributed by atoms with Crippen molar-refractivity contribution in [2.24, 2.45) is 11.7 Å². The number of aryl methyl sites for hydroxylation is 1. The molecule has 2 amide bonds. The summed E-state index contributed by atoms with van der Waals surface area (Å²) in [5, 5.41) is 2.48. The van der Waals surface area contributed by atoms with E-state index in [1.807, 2.05) is 24.3 Å². The van der Waals surface area contributed by atoms with E-state index in [-0.39, 0.29) is 37.0 Å². The Hall–Kier alpha value is -2.54. The van der Waals surface area contributed by atoms with Gasteiger partial charge in [0.2, 0.25) is 11.8 Å². The summed E-state index contributed by atoms with van der Waals surface area (Å²) in [5.41, 5.74) is 7.42. The van der Waals surface area contributed by atoms with Crippen LogP contribution in [0.5, 0.6) is 0 Å². The lowest BCUT2D eigenvalue weighted by molar-refractivity contribution is -0.129. The molecule has 7 nitrogen and oxygen atoms in total. The highest BCUT2D eigenvalue weighted by molar-refractivity contribution is 5.96. The summed E-state index contributed by atoms with van der Waals surface area (Å²) in [6, 6.07) is 7.84. The van der Waals surface area contributed by atoms with Crippen LogP contribution in [0.25, 0.3) is 0 Å². The molecule has 7 heteroatoms. The fourth-order valence-corrected chi connectivity index (χ4v) is 3.37. The molecule has 0 aromatic heterocycles. The Labute approximate surface area is 191 Å². The molecule has 1 aromatic rings. The fraction of sp³-hybridized carbons (Fsp3) is 0.600.